The zero-order valence-electron chi connectivity index (χ0n) is 21.8. The number of ether oxygens (including phenoxy) is 1. The summed E-state index contributed by atoms with van der Waals surface area (Å²) in [7, 11) is 1.86. The first-order valence-electron chi connectivity index (χ1n) is 12.1. The van der Waals surface area contributed by atoms with Gasteiger partial charge in [-0.25, -0.2) is 14.4 Å². The van der Waals surface area contributed by atoms with E-state index in [1.165, 1.54) is 0 Å². The number of hydrogen-bond donors (Lipinski definition) is 3. The first kappa shape index (κ1) is 29.4. The lowest BCUT2D eigenvalue weighted by molar-refractivity contribution is -0.159. The molecule has 1 aliphatic rings. The van der Waals surface area contributed by atoms with Crippen molar-refractivity contribution in [3.63, 3.8) is 0 Å². The minimum atomic E-state index is -1.82. The highest BCUT2D eigenvalue weighted by atomic mass is 32.2. The first-order chi connectivity index (χ1) is 18.6. The van der Waals surface area contributed by atoms with E-state index >= 15 is 0 Å². The Labute approximate surface area is 230 Å². The molecule has 9 nitrogen and oxygen atoms in total. The van der Waals surface area contributed by atoms with Crippen LogP contribution >= 0.6 is 11.8 Å². The monoisotopic (exact) mass is 550 g/mol. The number of anilines is 1. The SMILES string of the molecule is CNCCN1C(=O)[C@@H](OC(=O)c2ccccc2)[C@@H](c2ccc(C)cc2)Sc2cc(C)ccc21.O=C(O)C(=O)O. The molecular formula is C29H30N2O7S. The van der Waals surface area contributed by atoms with E-state index in [4.69, 9.17) is 24.5 Å². The summed E-state index contributed by atoms with van der Waals surface area (Å²) in [5, 5.41) is 17.5. The molecule has 1 heterocycles. The Morgan fingerprint density at radius 2 is 1.54 bits per heavy atom. The third-order valence-electron chi connectivity index (χ3n) is 5.86. The quantitative estimate of drug-likeness (QED) is 0.307. The highest BCUT2D eigenvalue weighted by Crippen LogP contribution is 2.47. The lowest BCUT2D eigenvalue weighted by atomic mass is 10.0. The van der Waals surface area contributed by atoms with Gasteiger partial charge in [-0.1, -0.05) is 54.1 Å². The highest BCUT2D eigenvalue weighted by Gasteiger charge is 2.41. The van der Waals surface area contributed by atoms with Gasteiger partial charge in [0.05, 0.1) is 16.5 Å². The van der Waals surface area contributed by atoms with E-state index in [0.717, 1.165) is 27.3 Å². The Morgan fingerprint density at radius 1 is 0.923 bits per heavy atom. The second-order valence-corrected chi connectivity index (χ2v) is 10.00. The van der Waals surface area contributed by atoms with Crippen LogP contribution in [0.5, 0.6) is 0 Å². The predicted molar refractivity (Wildman–Crippen MR) is 148 cm³/mol. The van der Waals surface area contributed by atoms with Gasteiger partial charge >= 0.3 is 17.9 Å². The molecule has 0 bridgehead atoms. The number of carboxylic acids is 2. The fourth-order valence-corrected chi connectivity index (χ4v) is 5.28. The van der Waals surface area contributed by atoms with Gasteiger partial charge in [0, 0.05) is 18.0 Å². The molecule has 10 heteroatoms. The van der Waals surface area contributed by atoms with Crippen molar-refractivity contribution in [1.29, 1.82) is 0 Å². The number of thioether (sulfide) groups is 1. The predicted octanol–water partition coefficient (Wildman–Crippen LogP) is 4.08. The van der Waals surface area contributed by atoms with E-state index < -0.39 is 24.0 Å². The normalized spacial score (nSPS) is 16.3. The summed E-state index contributed by atoms with van der Waals surface area (Å²) in [5.41, 5.74) is 4.48. The van der Waals surface area contributed by atoms with E-state index in [-0.39, 0.29) is 11.2 Å². The molecule has 1 amide bonds. The lowest BCUT2D eigenvalue weighted by Crippen LogP contribution is -2.45. The van der Waals surface area contributed by atoms with Gasteiger partial charge in [-0.3, -0.25) is 4.79 Å². The third kappa shape index (κ3) is 7.68. The van der Waals surface area contributed by atoms with E-state index in [1.807, 2.05) is 63.4 Å². The summed E-state index contributed by atoms with van der Waals surface area (Å²) in [6.45, 7) is 5.17. The molecule has 204 valence electrons. The average Bonchev–Trinajstić information content (AvgIpc) is 3.02. The minimum absolute atomic E-state index is 0.213. The second kappa shape index (κ2) is 13.6. The maximum absolute atomic E-state index is 13.9. The van der Waals surface area contributed by atoms with E-state index in [2.05, 4.69) is 11.4 Å². The number of benzene rings is 3. The summed E-state index contributed by atoms with van der Waals surface area (Å²) in [6, 6.07) is 23.0. The molecule has 3 aromatic carbocycles. The zero-order chi connectivity index (χ0) is 28.5. The van der Waals surface area contributed by atoms with Gasteiger partial charge in [0.15, 0.2) is 6.10 Å². The van der Waals surface area contributed by atoms with Crippen LogP contribution in [0, 0.1) is 13.8 Å². The number of amides is 1. The maximum atomic E-state index is 13.9. The summed E-state index contributed by atoms with van der Waals surface area (Å²) in [5.74, 6) is -4.36. The molecule has 4 rings (SSSR count). The molecule has 0 saturated carbocycles. The summed E-state index contributed by atoms with van der Waals surface area (Å²) in [6.07, 6.45) is -0.963. The molecule has 0 radical (unpaired) electrons. The standard InChI is InChI=1S/C27H28N2O3S.C2H2O4/c1-18-9-12-20(13-10-18)25-24(32-27(31)21-7-5-4-6-8-21)26(30)29(16-15-28-3)22-14-11-19(2)17-23(22)33-25;3-1(4)2(5)6/h4-14,17,24-25,28H,15-16H2,1-3H3;(H,3,4)(H,5,6)/t24-,25+;/m0./s1. The molecule has 3 aromatic rings. The molecule has 0 saturated heterocycles. The molecular weight excluding hydrogens is 520 g/mol. The van der Waals surface area contributed by atoms with E-state index in [0.29, 0.717) is 18.7 Å². The van der Waals surface area contributed by atoms with Crippen LogP contribution in [0.2, 0.25) is 0 Å². The van der Waals surface area contributed by atoms with E-state index in [9.17, 15) is 9.59 Å². The fourth-order valence-electron chi connectivity index (χ4n) is 3.86. The van der Waals surface area contributed by atoms with Gasteiger partial charge in [0.25, 0.3) is 5.91 Å². The lowest BCUT2D eigenvalue weighted by Gasteiger charge is -2.28. The molecule has 2 atom stereocenters. The van der Waals surface area contributed by atoms with Gasteiger partial charge in [-0.15, -0.1) is 11.8 Å². The topological polar surface area (TPSA) is 133 Å². The zero-order valence-corrected chi connectivity index (χ0v) is 22.6. The first-order valence-corrected chi connectivity index (χ1v) is 13.0. The number of carboxylic acid groups (broad SMARTS) is 2. The molecule has 0 spiro atoms. The molecule has 0 aromatic heterocycles. The van der Waals surface area contributed by atoms with Crippen molar-refractivity contribution in [2.75, 3.05) is 25.0 Å². The van der Waals surface area contributed by atoms with E-state index in [1.54, 1.807) is 40.9 Å². The molecule has 1 aliphatic heterocycles. The number of likely N-dealkylation sites (N-methyl/N-ethyl adjacent to an activating group) is 1. The molecule has 3 N–H and O–H groups in total. The number of fused-ring (bicyclic) bond motifs is 1. The van der Waals surface area contributed by atoms with Crippen LogP contribution in [0.4, 0.5) is 5.69 Å². The molecule has 39 heavy (non-hydrogen) atoms. The van der Waals surface area contributed by atoms with Crippen LogP contribution in [0.1, 0.15) is 32.3 Å². The van der Waals surface area contributed by atoms with Crippen molar-refractivity contribution in [2.45, 2.75) is 30.1 Å². The van der Waals surface area contributed by atoms with Crippen molar-refractivity contribution in [3.8, 4) is 0 Å². The van der Waals surface area contributed by atoms with Crippen molar-refractivity contribution < 1.29 is 34.1 Å². The van der Waals surface area contributed by atoms with Crippen molar-refractivity contribution >= 4 is 41.3 Å². The fraction of sp³-hybridized carbons (Fsp3) is 0.241. The van der Waals surface area contributed by atoms with Crippen molar-refractivity contribution in [2.24, 2.45) is 0 Å². The summed E-state index contributed by atoms with van der Waals surface area (Å²) in [4.78, 5) is 47.9. The number of rotatable bonds is 6. The van der Waals surface area contributed by atoms with Crippen LogP contribution in [0.25, 0.3) is 0 Å². The van der Waals surface area contributed by atoms with Crippen LogP contribution < -0.4 is 10.2 Å². The van der Waals surface area contributed by atoms with Gasteiger partial charge in [0.2, 0.25) is 0 Å². The number of aliphatic carboxylic acids is 2. The molecule has 0 fully saturated rings. The Balaban J connectivity index is 0.000000631. The summed E-state index contributed by atoms with van der Waals surface area (Å²) >= 11 is 1.58. The van der Waals surface area contributed by atoms with Crippen LogP contribution in [0.3, 0.4) is 0 Å². The Hall–Kier alpha value is -4.15. The largest absolute Gasteiger partial charge is 0.473 e. The van der Waals surface area contributed by atoms with Gasteiger partial charge in [0.1, 0.15) is 0 Å². The smallest absolute Gasteiger partial charge is 0.414 e. The molecule has 0 aliphatic carbocycles. The number of nitrogens with one attached hydrogen (secondary N) is 1. The van der Waals surface area contributed by atoms with Gasteiger partial charge in [-0.05, 0) is 56.3 Å². The van der Waals surface area contributed by atoms with Crippen LogP contribution in [-0.4, -0.2) is 60.3 Å². The Kier molecular flexibility index (Phi) is 10.2. The Bertz CT molecular complexity index is 1320. The molecule has 0 unspecified atom stereocenters. The van der Waals surface area contributed by atoms with Crippen LogP contribution in [-0.2, 0) is 19.1 Å². The van der Waals surface area contributed by atoms with Crippen molar-refractivity contribution in [3.05, 3.63) is 95.1 Å². The van der Waals surface area contributed by atoms with Crippen molar-refractivity contribution in [1.82, 2.24) is 5.32 Å². The number of nitrogens with zero attached hydrogens (tertiary/aromatic N) is 1. The average molecular weight is 551 g/mol. The van der Waals surface area contributed by atoms with Crippen LogP contribution in [0.15, 0.2) is 77.7 Å². The number of esters is 1. The highest BCUT2D eigenvalue weighted by molar-refractivity contribution is 7.99. The number of aryl methyl sites for hydroxylation is 2. The second-order valence-electron chi connectivity index (χ2n) is 8.82. The van der Waals surface area contributed by atoms with Gasteiger partial charge in [-0.2, -0.15) is 0 Å². The third-order valence-corrected chi connectivity index (χ3v) is 7.22. The number of carbonyl (C=O) groups excluding carboxylic acids is 2. The Morgan fingerprint density at radius 3 is 2.13 bits per heavy atom. The summed E-state index contributed by atoms with van der Waals surface area (Å²) < 4.78 is 5.97. The van der Waals surface area contributed by atoms with Gasteiger partial charge < -0.3 is 25.2 Å². The number of carbonyl (C=O) groups is 4. The maximum Gasteiger partial charge on any atom is 0.414 e. The minimum Gasteiger partial charge on any atom is -0.473 e. The number of hydrogen-bond acceptors (Lipinski definition) is 7.